The average Bonchev–Trinajstić information content (AvgIpc) is 2.20. The standard InChI is InChI=1S/C11H10O4/c1-3-11(14)15-8-4-5-10(13)9(6-8)7(2)12/h3-6,13H,1H2,2H3. The van der Waals surface area contributed by atoms with Gasteiger partial charge in [0.1, 0.15) is 11.5 Å². The monoisotopic (exact) mass is 206 g/mol. The Morgan fingerprint density at radius 1 is 1.47 bits per heavy atom. The van der Waals surface area contributed by atoms with Crippen LogP contribution in [-0.4, -0.2) is 16.9 Å². The molecule has 1 aromatic carbocycles. The third-order valence-corrected chi connectivity index (χ3v) is 1.73. The van der Waals surface area contributed by atoms with Gasteiger partial charge in [-0.25, -0.2) is 4.79 Å². The number of Topliss-reactive ketones (excluding diaryl/α,β-unsaturated/α-hetero) is 1. The van der Waals surface area contributed by atoms with Crippen molar-refractivity contribution in [1.29, 1.82) is 0 Å². The molecule has 4 heteroatoms. The Morgan fingerprint density at radius 2 is 2.13 bits per heavy atom. The van der Waals surface area contributed by atoms with Crippen molar-refractivity contribution in [1.82, 2.24) is 0 Å². The SMILES string of the molecule is C=CC(=O)Oc1ccc(O)c(C(C)=O)c1. The second-order valence-electron chi connectivity index (χ2n) is 2.86. The Morgan fingerprint density at radius 3 is 2.67 bits per heavy atom. The number of carbonyl (C=O) groups excluding carboxylic acids is 2. The van der Waals surface area contributed by atoms with Crippen molar-refractivity contribution in [2.75, 3.05) is 0 Å². The smallest absolute Gasteiger partial charge is 0.335 e. The van der Waals surface area contributed by atoms with Crippen LogP contribution in [0.2, 0.25) is 0 Å². The van der Waals surface area contributed by atoms with Crippen molar-refractivity contribution >= 4 is 11.8 Å². The van der Waals surface area contributed by atoms with Crippen LogP contribution >= 0.6 is 0 Å². The Labute approximate surface area is 86.8 Å². The molecule has 1 N–H and O–H groups in total. The average molecular weight is 206 g/mol. The number of hydrogen-bond acceptors (Lipinski definition) is 4. The van der Waals surface area contributed by atoms with Gasteiger partial charge < -0.3 is 9.84 Å². The maximum absolute atomic E-state index is 11.1. The van der Waals surface area contributed by atoms with Gasteiger partial charge in [-0.1, -0.05) is 6.58 Å². The van der Waals surface area contributed by atoms with E-state index in [-0.39, 0.29) is 22.8 Å². The van der Waals surface area contributed by atoms with Crippen LogP contribution < -0.4 is 4.74 Å². The third-order valence-electron chi connectivity index (χ3n) is 1.73. The van der Waals surface area contributed by atoms with Crippen LogP contribution in [0.3, 0.4) is 0 Å². The van der Waals surface area contributed by atoms with E-state index in [9.17, 15) is 14.7 Å². The lowest BCUT2D eigenvalue weighted by Gasteiger charge is -2.04. The van der Waals surface area contributed by atoms with E-state index < -0.39 is 5.97 Å². The van der Waals surface area contributed by atoms with E-state index in [2.05, 4.69) is 6.58 Å². The highest BCUT2D eigenvalue weighted by Gasteiger charge is 2.09. The highest BCUT2D eigenvalue weighted by molar-refractivity contribution is 5.97. The number of esters is 1. The van der Waals surface area contributed by atoms with E-state index >= 15 is 0 Å². The molecular formula is C11H10O4. The first-order valence-corrected chi connectivity index (χ1v) is 4.23. The fourth-order valence-corrected chi connectivity index (χ4v) is 1.02. The van der Waals surface area contributed by atoms with Crippen molar-refractivity contribution in [2.24, 2.45) is 0 Å². The van der Waals surface area contributed by atoms with Crippen molar-refractivity contribution in [3.63, 3.8) is 0 Å². The van der Waals surface area contributed by atoms with Crippen LogP contribution in [0, 0.1) is 0 Å². The fourth-order valence-electron chi connectivity index (χ4n) is 1.02. The number of carbonyl (C=O) groups is 2. The van der Waals surface area contributed by atoms with Gasteiger partial charge in [0, 0.05) is 6.08 Å². The number of phenolic OH excluding ortho intramolecular Hbond substituents is 1. The van der Waals surface area contributed by atoms with Gasteiger partial charge in [0.05, 0.1) is 5.56 Å². The summed E-state index contributed by atoms with van der Waals surface area (Å²) in [6.07, 6.45) is 1.01. The van der Waals surface area contributed by atoms with Crippen LogP contribution in [-0.2, 0) is 4.79 Å². The summed E-state index contributed by atoms with van der Waals surface area (Å²) in [7, 11) is 0. The molecule has 78 valence electrons. The van der Waals surface area contributed by atoms with Gasteiger partial charge in [-0.3, -0.25) is 4.79 Å². The van der Waals surface area contributed by atoms with E-state index in [0.29, 0.717) is 0 Å². The summed E-state index contributed by atoms with van der Waals surface area (Å²) in [5.74, 6) is -0.858. The van der Waals surface area contributed by atoms with Crippen LogP contribution in [0.4, 0.5) is 0 Å². The first-order chi connectivity index (χ1) is 7.04. The zero-order chi connectivity index (χ0) is 11.4. The van der Waals surface area contributed by atoms with Crippen molar-refractivity contribution in [3.05, 3.63) is 36.4 Å². The van der Waals surface area contributed by atoms with Crippen LogP contribution in [0.25, 0.3) is 0 Å². The molecule has 0 fully saturated rings. The molecule has 0 aliphatic rings. The lowest BCUT2D eigenvalue weighted by molar-refractivity contribution is -0.128. The quantitative estimate of drug-likeness (QED) is 0.354. The normalized spacial score (nSPS) is 9.40. The predicted octanol–water partition coefficient (Wildman–Crippen LogP) is 1.69. The van der Waals surface area contributed by atoms with Crippen LogP contribution in [0.15, 0.2) is 30.9 Å². The van der Waals surface area contributed by atoms with Crippen molar-refractivity contribution < 1.29 is 19.4 Å². The van der Waals surface area contributed by atoms with Gasteiger partial charge in [-0.2, -0.15) is 0 Å². The summed E-state index contributed by atoms with van der Waals surface area (Å²) in [5, 5.41) is 9.32. The summed E-state index contributed by atoms with van der Waals surface area (Å²) in [4.78, 5) is 21.9. The van der Waals surface area contributed by atoms with Gasteiger partial charge in [0.15, 0.2) is 5.78 Å². The molecule has 15 heavy (non-hydrogen) atoms. The highest BCUT2D eigenvalue weighted by atomic mass is 16.5. The molecule has 0 aliphatic carbocycles. The Balaban J connectivity index is 3.02. The fraction of sp³-hybridized carbons (Fsp3) is 0.0909. The van der Waals surface area contributed by atoms with E-state index in [1.54, 1.807) is 0 Å². The zero-order valence-electron chi connectivity index (χ0n) is 8.19. The van der Waals surface area contributed by atoms with E-state index in [4.69, 9.17) is 4.74 Å². The van der Waals surface area contributed by atoms with Gasteiger partial charge in [0.2, 0.25) is 0 Å². The molecule has 0 unspecified atom stereocenters. The van der Waals surface area contributed by atoms with Crippen LogP contribution in [0.5, 0.6) is 11.5 Å². The molecule has 0 saturated heterocycles. The molecule has 0 heterocycles. The van der Waals surface area contributed by atoms with Gasteiger partial charge in [-0.15, -0.1) is 0 Å². The number of phenols is 1. The van der Waals surface area contributed by atoms with Crippen LogP contribution in [0.1, 0.15) is 17.3 Å². The highest BCUT2D eigenvalue weighted by Crippen LogP contribution is 2.23. The molecule has 0 aliphatic heterocycles. The number of rotatable bonds is 3. The molecule has 4 nitrogen and oxygen atoms in total. The molecule has 0 saturated carbocycles. The van der Waals surface area contributed by atoms with Gasteiger partial charge >= 0.3 is 5.97 Å². The van der Waals surface area contributed by atoms with E-state index in [1.807, 2.05) is 0 Å². The molecule has 0 amide bonds. The molecule has 0 atom stereocenters. The molecule has 0 radical (unpaired) electrons. The van der Waals surface area contributed by atoms with E-state index in [0.717, 1.165) is 6.08 Å². The number of benzene rings is 1. The zero-order valence-corrected chi connectivity index (χ0v) is 8.19. The lowest BCUT2D eigenvalue weighted by Crippen LogP contribution is -2.04. The van der Waals surface area contributed by atoms with E-state index in [1.165, 1.54) is 25.1 Å². The minimum Gasteiger partial charge on any atom is -0.507 e. The second kappa shape index (κ2) is 4.41. The number of ether oxygens (including phenoxy) is 1. The summed E-state index contributed by atoms with van der Waals surface area (Å²) in [6.45, 7) is 4.55. The van der Waals surface area contributed by atoms with Gasteiger partial charge in [0.25, 0.3) is 0 Å². The lowest BCUT2D eigenvalue weighted by atomic mass is 10.1. The summed E-state index contributed by atoms with van der Waals surface area (Å²) in [5.41, 5.74) is 0.115. The molecular weight excluding hydrogens is 196 g/mol. The predicted molar refractivity (Wildman–Crippen MR) is 53.9 cm³/mol. The third kappa shape index (κ3) is 2.67. The number of aromatic hydroxyl groups is 1. The van der Waals surface area contributed by atoms with Crippen molar-refractivity contribution in [3.8, 4) is 11.5 Å². The molecule has 0 aromatic heterocycles. The molecule has 0 spiro atoms. The molecule has 1 aromatic rings. The summed E-state index contributed by atoms with van der Waals surface area (Å²) in [6, 6.07) is 3.99. The Kier molecular flexibility index (Phi) is 3.23. The first-order valence-electron chi connectivity index (χ1n) is 4.23. The van der Waals surface area contributed by atoms with Crippen molar-refractivity contribution in [2.45, 2.75) is 6.92 Å². The summed E-state index contributed by atoms with van der Waals surface area (Å²) >= 11 is 0. The maximum Gasteiger partial charge on any atom is 0.335 e. The van der Waals surface area contributed by atoms with Gasteiger partial charge in [-0.05, 0) is 25.1 Å². The minimum atomic E-state index is -0.616. The topological polar surface area (TPSA) is 63.6 Å². The first kappa shape index (κ1) is 11.0. The number of hydrogen-bond donors (Lipinski definition) is 1. The largest absolute Gasteiger partial charge is 0.507 e. The second-order valence-corrected chi connectivity index (χ2v) is 2.86. The number of ketones is 1. The Hall–Kier alpha value is -2.10. The molecule has 1 rings (SSSR count). The minimum absolute atomic E-state index is 0.115. The summed E-state index contributed by atoms with van der Waals surface area (Å²) < 4.78 is 4.79. The maximum atomic E-state index is 11.1. The Bertz CT molecular complexity index is 421. The molecule has 0 bridgehead atoms.